The Bertz CT molecular complexity index is 1050. The van der Waals surface area contributed by atoms with Crippen LogP contribution in [0.2, 0.25) is 5.02 Å². The minimum Gasteiger partial charge on any atom is -0.628 e. The maximum atomic E-state index is 13.1. The molecule has 0 bridgehead atoms. The normalized spacial score (nSPS) is 16.1. The second kappa shape index (κ2) is 10.2. The fourth-order valence-electron chi connectivity index (χ4n) is 3.40. The molecule has 31 heavy (non-hydrogen) atoms. The third kappa shape index (κ3) is 6.10. The summed E-state index contributed by atoms with van der Waals surface area (Å²) in [5, 5.41) is 4.77. The molecular weight excluding hydrogens is 450 g/mol. The van der Waals surface area contributed by atoms with Crippen LogP contribution in [0.1, 0.15) is 5.56 Å². The van der Waals surface area contributed by atoms with E-state index in [0.717, 1.165) is 49.6 Å². The zero-order chi connectivity index (χ0) is 21.7. The van der Waals surface area contributed by atoms with E-state index in [1.165, 1.54) is 11.3 Å². The van der Waals surface area contributed by atoms with Gasteiger partial charge in [-0.2, -0.15) is 4.72 Å². The van der Waals surface area contributed by atoms with E-state index in [1.807, 2.05) is 48.5 Å². The molecule has 0 saturated carbocycles. The molecule has 1 unspecified atom stereocenters. The minimum absolute atomic E-state index is 0.560. The Morgan fingerprint density at radius 1 is 1.13 bits per heavy atom. The summed E-state index contributed by atoms with van der Waals surface area (Å²) in [6.45, 7) is 4.50. The van der Waals surface area contributed by atoms with Gasteiger partial charge in [0.2, 0.25) is 0 Å². The van der Waals surface area contributed by atoms with Crippen LogP contribution < -0.4 is 19.7 Å². The molecule has 4 rings (SSSR count). The Morgan fingerprint density at radius 3 is 2.68 bits per heavy atom. The fraction of sp³-hybridized carbons (Fsp3) is 0.261. The summed E-state index contributed by atoms with van der Waals surface area (Å²) >= 11 is 7.28. The van der Waals surface area contributed by atoms with Gasteiger partial charge in [-0.25, -0.2) is 0 Å². The van der Waals surface area contributed by atoms with Crippen molar-refractivity contribution in [3.8, 4) is 10.8 Å². The van der Waals surface area contributed by atoms with E-state index < -0.39 is 10.1 Å². The van der Waals surface area contributed by atoms with Crippen LogP contribution in [0.5, 0.6) is 10.8 Å². The van der Waals surface area contributed by atoms with E-state index in [9.17, 15) is 4.55 Å². The second-order valence-electron chi connectivity index (χ2n) is 7.36. The van der Waals surface area contributed by atoms with Crippen LogP contribution >= 0.6 is 22.9 Å². The number of rotatable bonds is 8. The smallest absolute Gasteiger partial charge is 0.190 e. The maximum Gasteiger partial charge on any atom is 0.190 e. The Kier molecular flexibility index (Phi) is 7.32. The number of piperazine rings is 1. The zero-order valence-electron chi connectivity index (χ0n) is 17.2. The predicted molar refractivity (Wildman–Crippen MR) is 133 cm³/mol. The molecule has 0 radical (unpaired) electrons. The number of nitrogens with one attached hydrogen (secondary N) is 2. The average molecular weight is 476 g/mol. The lowest BCUT2D eigenvalue weighted by Gasteiger charge is -2.29. The van der Waals surface area contributed by atoms with Gasteiger partial charge in [0.25, 0.3) is 0 Å². The van der Waals surface area contributed by atoms with E-state index >= 15 is 0 Å². The molecule has 1 aliphatic rings. The summed E-state index contributed by atoms with van der Waals surface area (Å²) in [7, 11) is -2.59. The van der Waals surface area contributed by atoms with Gasteiger partial charge in [-0.15, -0.1) is 0 Å². The summed E-state index contributed by atoms with van der Waals surface area (Å²) in [4.78, 5) is 2.34. The fourth-order valence-corrected chi connectivity index (χ4v) is 5.96. The van der Waals surface area contributed by atoms with Crippen molar-refractivity contribution in [2.75, 3.05) is 37.6 Å². The van der Waals surface area contributed by atoms with Gasteiger partial charge in [-0.05, 0) is 42.3 Å². The van der Waals surface area contributed by atoms with Crippen molar-refractivity contribution in [2.24, 2.45) is 0 Å². The number of hydrogen-bond acceptors (Lipinski definition) is 6. The molecule has 1 aromatic heterocycles. The maximum absolute atomic E-state index is 13.1. The highest BCUT2D eigenvalue weighted by molar-refractivity contribution is 8.06. The molecule has 1 saturated heterocycles. The van der Waals surface area contributed by atoms with E-state index in [4.69, 9.17) is 16.3 Å². The van der Waals surface area contributed by atoms with Gasteiger partial charge in [0.15, 0.2) is 9.27 Å². The van der Waals surface area contributed by atoms with Crippen molar-refractivity contribution < 1.29 is 9.29 Å². The molecule has 3 aromatic rings. The minimum atomic E-state index is -2.59. The molecule has 1 atom stereocenters. The lowest BCUT2D eigenvalue weighted by molar-refractivity contribution is 0.496. The van der Waals surface area contributed by atoms with Crippen LogP contribution in [0, 0.1) is 0 Å². The number of nitrogens with zero attached hydrogens (tertiary/aromatic N) is 1. The van der Waals surface area contributed by atoms with Gasteiger partial charge >= 0.3 is 0 Å². The topological polar surface area (TPSA) is 59.6 Å². The Labute approximate surface area is 193 Å². The van der Waals surface area contributed by atoms with Crippen molar-refractivity contribution >= 4 is 44.6 Å². The highest BCUT2D eigenvalue weighted by Gasteiger charge is 2.17. The predicted octanol–water partition coefficient (Wildman–Crippen LogP) is 4.43. The number of benzene rings is 2. The summed E-state index contributed by atoms with van der Waals surface area (Å²) < 4.78 is 22.9. The van der Waals surface area contributed by atoms with Gasteiger partial charge in [0, 0.05) is 55.6 Å². The van der Waals surface area contributed by atoms with Crippen LogP contribution in [0.15, 0.2) is 64.9 Å². The first-order chi connectivity index (χ1) is 15.0. The monoisotopic (exact) mass is 475 g/mol. The molecule has 2 N–H and O–H groups in total. The third-order valence-electron chi connectivity index (χ3n) is 5.06. The average Bonchev–Trinajstić information content (AvgIpc) is 3.25. The molecule has 0 spiro atoms. The number of halogens is 1. The molecule has 164 valence electrons. The van der Waals surface area contributed by atoms with Crippen molar-refractivity contribution in [2.45, 2.75) is 10.6 Å². The SMILES string of the molecule is C=[S+]([O-])(NCCc1ccc(Cl)cc1)c1ccc(Oc2cccc(N3CCNCC3)c2)s1. The molecule has 2 heterocycles. The van der Waals surface area contributed by atoms with Gasteiger partial charge in [0.05, 0.1) is 5.87 Å². The number of hydrogen-bond donors (Lipinski definition) is 2. The van der Waals surface area contributed by atoms with E-state index in [-0.39, 0.29) is 0 Å². The lowest BCUT2D eigenvalue weighted by atomic mass is 10.2. The molecule has 5 nitrogen and oxygen atoms in total. The van der Waals surface area contributed by atoms with Crippen LogP contribution in [0.4, 0.5) is 5.69 Å². The van der Waals surface area contributed by atoms with Gasteiger partial charge < -0.3 is 19.5 Å². The highest BCUT2D eigenvalue weighted by atomic mass is 35.5. The number of ether oxygens (including phenoxy) is 1. The quantitative estimate of drug-likeness (QED) is 0.373. The Balaban J connectivity index is 1.36. The van der Waals surface area contributed by atoms with E-state index in [1.54, 1.807) is 0 Å². The first-order valence-corrected chi connectivity index (χ1v) is 13.1. The van der Waals surface area contributed by atoms with Gasteiger partial charge in [0.1, 0.15) is 5.75 Å². The number of thiophene rings is 1. The molecule has 1 fully saturated rings. The molecule has 8 heteroatoms. The van der Waals surface area contributed by atoms with Crippen LogP contribution in [-0.4, -0.2) is 43.1 Å². The van der Waals surface area contributed by atoms with E-state index in [2.05, 4.69) is 32.9 Å². The summed E-state index contributed by atoms with van der Waals surface area (Å²) in [6, 6.07) is 19.4. The van der Waals surface area contributed by atoms with Crippen LogP contribution in [0.3, 0.4) is 0 Å². The Morgan fingerprint density at radius 2 is 1.90 bits per heavy atom. The standard InChI is InChI=1S/C23H26ClN3O2S2/c1-31(28,26-12-11-18-5-7-19(24)8-6-18)23-10-9-22(30-23)29-21-4-2-3-20(17-21)27-15-13-25-14-16-27/h2-10,17,25-26H,1,11-16H2. The lowest BCUT2D eigenvalue weighted by Crippen LogP contribution is -2.43. The summed E-state index contributed by atoms with van der Waals surface area (Å²) in [5.41, 5.74) is 2.28. The third-order valence-corrected chi connectivity index (χ3v) is 8.59. The van der Waals surface area contributed by atoms with Crippen molar-refractivity contribution in [3.05, 3.63) is 71.2 Å². The summed E-state index contributed by atoms with van der Waals surface area (Å²) in [5.74, 6) is 4.69. The first kappa shape index (κ1) is 22.3. The van der Waals surface area contributed by atoms with Crippen molar-refractivity contribution in [1.82, 2.24) is 10.0 Å². The Hall–Kier alpha value is -1.87. The van der Waals surface area contributed by atoms with Crippen LogP contribution in [-0.2, 0) is 16.5 Å². The van der Waals surface area contributed by atoms with E-state index in [0.29, 0.717) is 20.8 Å². The largest absolute Gasteiger partial charge is 0.628 e. The highest BCUT2D eigenvalue weighted by Crippen LogP contribution is 2.34. The zero-order valence-corrected chi connectivity index (χ0v) is 19.6. The molecular formula is C23H26ClN3O2S2. The molecule has 0 aliphatic carbocycles. The van der Waals surface area contributed by atoms with Gasteiger partial charge in [-0.1, -0.05) is 51.2 Å². The van der Waals surface area contributed by atoms with Crippen LogP contribution in [0.25, 0.3) is 0 Å². The van der Waals surface area contributed by atoms with Crippen molar-refractivity contribution in [3.63, 3.8) is 0 Å². The second-order valence-corrected chi connectivity index (χ2v) is 11.2. The molecule has 2 aromatic carbocycles. The summed E-state index contributed by atoms with van der Waals surface area (Å²) in [6.07, 6.45) is 0.747. The first-order valence-electron chi connectivity index (χ1n) is 10.2. The number of anilines is 1. The molecule has 0 amide bonds. The molecule has 1 aliphatic heterocycles. The van der Waals surface area contributed by atoms with Crippen molar-refractivity contribution in [1.29, 1.82) is 0 Å². The van der Waals surface area contributed by atoms with Gasteiger partial charge in [-0.3, -0.25) is 0 Å².